The highest BCUT2D eigenvalue weighted by atomic mass is 79.9. The zero-order valence-electron chi connectivity index (χ0n) is 7.35. The van der Waals surface area contributed by atoms with E-state index in [1.165, 1.54) is 16.7 Å². The molecule has 0 heterocycles. The monoisotopic (exact) mass is 238 g/mol. The minimum absolute atomic E-state index is 0.376. The van der Waals surface area contributed by atoms with Crippen molar-refractivity contribution in [2.45, 2.75) is 24.6 Å². The fourth-order valence-electron chi connectivity index (χ4n) is 1.83. The second-order valence-corrected chi connectivity index (χ2v) is 3.96. The van der Waals surface area contributed by atoms with Crippen LogP contribution in [0.2, 0.25) is 0 Å². The van der Waals surface area contributed by atoms with Gasteiger partial charge in [0.25, 0.3) is 0 Å². The smallest absolute Gasteiger partial charge is 0.137 e. The highest BCUT2D eigenvalue weighted by Gasteiger charge is 2.17. The van der Waals surface area contributed by atoms with Gasteiger partial charge in [0.1, 0.15) is 5.78 Å². The fraction of sp³-hybridized carbons (Fsp3) is 0.364. The minimum Gasteiger partial charge on any atom is -0.299 e. The molecule has 0 atom stereocenters. The second-order valence-electron chi connectivity index (χ2n) is 3.40. The van der Waals surface area contributed by atoms with Crippen LogP contribution in [0.4, 0.5) is 0 Å². The van der Waals surface area contributed by atoms with Gasteiger partial charge in [0.2, 0.25) is 0 Å². The highest BCUT2D eigenvalue weighted by molar-refractivity contribution is 9.08. The number of hydrogen-bond acceptors (Lipinski definition) is 1. The van der Waals surface area contributed by atoms with E-state index in [4.69, 9.17) is 0 Å². The molecule has 1 aromatic rings. The lowest BCUT2D eigenvalue weighted by Gasteiger charge is -2.17. The summed E-state index contributed by atoms with van der Waals surface area (Å²) in [4.78, 5) is 11.3. The van der Waals surface area contributed by atoms with E-state index in [1.54, 1.807) is 0 Å². The van der Waals surface area contributed by atoms with E-state index in [0.29, 0.717) is 12.2 Å². The van der Waals surface area contributed by atoms with Crippen molar-refractivity contribution in [3.8, 4) is 0 Å². The lowest BCUT2D eigenvalue weighted by Crippen LogP contribution is -2.14. The molecule has 0 amide bonds. The lowest BCUT2D eigenvalue weighted by atomic mass is 9.88. The number of fused-ring (bicyclic) bond motifs is 1. The SMILES string of the molecule is O=C1CCc2cccc(CBr)c2C1. The van der Waals surface area contributed by atoms with Gasteiger partial charge in [-0.3, -0.25) is 4.79 Å². The molecule has 68 valence electrons. The van der Waals surface area contributed by atoms with E-state index in [2.05, 4.69) is 34.1 Å². The summed E-state index contributed by atoms with van der Waals surface area (Å²) in [6.45, 7) is 0. The van der Waals surface area contributed by atoms with E-state index in [1.807, 2.05) is 0 Å². The molecule has 0 unspecified atom stereocenters. The molecule has 2 heteroatoms. The Kier molecular flexibility index (Phi) is 2.49. The first-order valence-corrected chi connectivity index (χ1v) is 5.60. The second kappa shape index (κ2) is 3.62. The Labute approximate surface area is 86.3 Å². The number of carbonyl (C=O) groups excluding carboxylic acids is 1. The zero-order valence-corrected chi connectivity index (χ0v) is 8.93. The molecule has 0 aromatic heterocycles. The summed E-state index contributed by atoms with van der Waals surface area (Å²) in [5, 5.41) is 0.851. The van der Waals surface area contributed by atoms with Crippen molar-refractivity contribution in [2.24, 2.45) is 0 Å². The predicted octanol–water partition coefficient (Wildman–Crippen LogP) is 2.64. The van der Waals surface area contributed by atoms with Crippen LogP contribution in [-0.4, -0.2) is 5.78 Å². The molecule has 2 rings (SSSR count). The van der Waals surface area contributed by atoms with Gasteiger partial charge in [0, 0.05) is 18.2 Å². The molecule has 0 saturated carbocycles. The third-order valence-corrected chi connectivity index (χ3v) is 3.17. The van der Waals surface area contributed by atoms with E-state index in [-0.39, 0.29) is 0 Å². The van der Waals surface area contributed by atoms with Crippen LogP contribution in [0.1, 0.15) is 23.1 Å². The first-order valence-electron chi connectivity index (χ1n) is 4.48. The van der Waals surface area contributed by atoms with E-state index >= 15 is 0 Å². The molecule has 0 radical (unpaired) electrons. The third-order valence-electron chi connectivity index (χ3n) is 2.56. The van der Waals surface area contributed by atoms with Gasteiger partial charge in [-0.15, -0.1) is 0 Å². The lowest BCUT2D eigenvalue weighted by molar-refractivity contribution is -0.118. The normalized spacial score (nSPS) is 15.6. The summed E-state index contributed by atoms with van der Waals surface area (Å²) in [6, 6.07) is 6.30. The Hall–Kier alpha value is -0.630. The van der Waals surface area contributed by atoms with Gasteiger partial charge in [-0.2, -0.15) is 0 Å². The van der Waals surface area contributed by atoms with E-state index in [0.717, 1.165) is 18.2 Å². The summed E-state index contributed by atoms with van der Waals surface area (Å²) in [6.07, 6.45) is 2.28. The standard InChI is InChI=1S/C11H11BrO/c12-7-9-3-1-2-8-4-5-10(13)6-11(8)9/h1-3H,4-7H2. The van der Waals surface area contributed by atoms with Crippen molar-refractivity contribution in [3.05, 3.63) is 34.9 Å². The highest BCUT2D eigenvalue weighted by Crippen LogP contribution is 2.24. The molecule has 0 saturated heterocycles. The first-order chi connectivity index (χ1) is 6.31. The molecule has 0 bridgehead atoms. The molecule has 1 aliphatic carbocycles. The van der Waals surface area contributed by atoms with Crippen molar-refractivity contribution in [2.75, 3.05) is 0 Å². The van der Waals surface area contributed by atoms with Crippen molar-refractivity contribution in [1.82, 2.24) is 0 Å². The quantitative estimate of drug-likeness (QED) is 0.688. The summed E-state index contributed by atoms with van der Waals surface area (Å²) >= 11 is 3.45. The maximum Gasteiger partial charge on any atom is 0.137 e. The van der Waals surface area contributed by atoms with Crippen LogP contribution in [0.5, 0.6) is 0 Å². The predicted molar refractivity (Wildman–Crippen MR) is 56.1 cm³/mol. The largest absolute Gasteiger partial charge is 0.299 e. The summed E-state index contributed by atoms with van der Waals surface area (Å²) in [5.41, 5.74) is 3.89. The van der Waals surface area contributed by atoms with Crippen molar-refractivity contribution < 1.29 is 4.79 Å². The molecule has 1 nitrogen and oxygen atoms in total. The Morgan fingerprint density at radius 2 is 2.15 bits per heavy atom. The number of halogens is 1. The maximum atomic E-state index is 11.3. The third kappa shape index (κ3) is 1.68. The molecule has 1 aromatic carbocycles. The number of carbonyl (C=O) groups is 1. The molecule has 0 fully saturated rings. The molecule has 1 aliphatic rings. The zero-order chi connectivity index (χ0) is 9.26. The minimum atomic E-state index is 0.376. The van der Waals surface area contributed by atoms with Crippen LogP contribution in [0.25, 0.3) is 0 Å². The maximum absolute atomic E-state index is 11.3. The Balaban J connectivity index is 2.46. The summed E-state index contributed by atoms with van der Waals surface area (Å²) in [5.74, 6) is 0.376. The topological polar surface area (TPSA) is 17.1 Å². The van der Waals surface area contributed by atoms with Crippen LogP contribution in [0.3, 0.4) is 0 Å². The van der Waals surface area contributed by atoms with Gasteiger partial charge in [0.15, 0.2) is 0 Å². The van der Waals surface area contributed by atoms with Crippen molar-refractivity contribution >= 4 is 21.7 Å². The molecule has 0 N–H and O–H groups in total. The molecular weight excluding hydrogens is 228 g/mol. The van der Waals surface area contributed by atoms with E-state index in [9.17, 15) is 4.79 Å². The Morgan fingerprint density at radius 1 is 1.31 bits per heavy atom. The van der Waals surface area contributed by atoms with Crippen LogP contribution in [0.15, 0.2) is 18.2 Å². The van der Waals surface area contributed by atoms with Gasteiger partial charge >= 0.3 is 0 Å². The molecule has 0 spiro atoms. The molecule has 0 aliphatic heterocycles. The van der Waals surface area contributed by atoms with Crippen LogP contribution in [-0.2, 0) is 23.0 Å². The molecular formula is C11H11BrO. The summed E-state index contributed by atoms with van der Waals surface area (Å²) in [7, 11) is 0. The van der Waals surface area contributed by atoms with Crippen LogP contribution in [0, 0.1) is 0 Å². The number of alkyl halides is 1. The Morgan fingerprint density at radius 3 is 2.92 bits per heavy atom. The van der Waals surface area contributed by atoms with Crippen LogP contribution >= 0.6 is 15.9 Å². The van der Waals surface area contributed by atoms with Gasteiger partial charge in [-0.1, -0.05) is 34.1 Å². The number of hydrogen-bond donors (Lipinski definition) is 0. The number of Topliss-reactive ketones (excluding diaryl/α,β-unsaturated/α-hetero) is 1. The van der Waals surface area contributed by atoms with Gasteiger partial charge in [0.05, 0.1) is 0 Å². The number of rotatable bonds is 1. The average Bonchev–Trinajstić information content (AvgIpc) is 2.17. The number of ketones is 1. The Bertz CT molecular complexity index is 330. The van der Waals surface area contributed by atoms with Gasteiger partial charge in [-0.05, 0) is 23.1 Å². The molecule has 13 heavy (non-hydrogen) atoms. The van der Waals surface area contributed by atoms with E-state index < -0.39 is 0 Å². The van der Waals surface area contributed by atoms with Crippen molar-refractivity contribution in [3.63, 3.8) is 0 Å². The van der Waals surface area contributed by atoms with Gasteiger partial charge in [-0.25, -0.2) is 0 Å². The first kappa shape index (κ1) is 8.95. The summed E-state index contributed by atoms with van der Waals surface area (Å²) < 4.78 is 0. The van der Waals surface area contributed by atoms with Gasteiger partial charge < -0.3 is 0 Å². The van der Waals surface area contributed by atoms with Crippen LogP contribution < -0.4 is 0 Å². The van der Waals surface area contributed by atoms with Crippen molar-refractivity contribution in [1.29, 1.82) is 0 Å². The fourth-order valence-corrected chi connectivity index (χ4v) is 2.36. The number of benzene rings is 1. The average molecular weight is 239 g/mol. The number of aryl methyl sites for hydroxylation is 1.